The van der Waals surface area contributed by atoms with Gasteiger partial charge in [-0.1, -0.05) is 24.3 Å². The third kappa shape index (κ3) is 3.21. The zero-order valence-corrected chi connectivity index (χ0v) is 7.67. The standard InChI is InChI=1S/C11H17F/c1-2-3-4-6-10-7-5-8-11(12)9-10/h2-4,6,10-11H,5,7-9H2,1H3/b3-2+,6-4+/t10-,11-/m1/s1. The molecule has 0 heterocycles. The van der Waals surface area contributed by atoms with Crippen LogP contribution in [0.5, 0.6) is 0 Å². The summed E-state index contributed by atoms with van der Waals surface area (Å²) in [7, 11) is 0. The van der Waals surface area contributed by atoms with E-state index < -0.39 is 6.17 Å². The lowest BCUT2D eigenvalue weighted by Gasteiger charge is -2.21. The van der Waals surface area contributed by atoms with Crippen LogP contribution in [0, 0.1) is 5.92 Å². The van der Waals surface area contributed by atoms with Crippen molar-refractivity contribution in [3.63, 3.8) is 0 Å². The van der Waals surface area contributed by atoms with Crippen LogP contribution >= 0.6 is 0 Å². The molecule has 1 heteroatoms. The SMILES string of the molecule is C/C=C/C=C/[C@@H]1CCC[C@@H](F)C1. The van der Waals surface area contributed by atoms with Gasteiger partial charge in [-0.15, -0.1) is 0 Å². The monoisotopic (exact) mass is 168 g/mol. The highest BCUT2D eigenvalue weighted by Gasteiger charge is 2.18. The lowest BCUT2D eigenvalue weighted by Crippen LogP contribution is -2.14. The maximum atomic E-state index is 12.9. The van der Waals surface area contributed by atoms with Crippen LogP contribution in [0.25, 0.3) is 0 Å². The summed E-state index contributed by atoms with van der Waals surface area (Å²) in [6, 6.07) is 0. The Hall–Kier alpha value is -0.590. The second-order valence-electron chi connectivity index (χ2n) is 3.43. The van der Waals surface area contributed by atoms with Gasteiger partial charge in [-0.3, -0.25) is 0 Å². The van der Waals surface area contributed by atoms with Crippen molar-refractivity contribution in [3.8, 4) is 0 Å². The summed E-state index contributed by atoms with van der Waals surface area (Å²) in [5, 5.41) is 0. The van der Waals surface area contributed by atoms with E-state index in [0.717, 1.165) is 25.7 Å². The number of alkyl halides is 1. The van der Waals surface area contributed by atoms with Crippen LogP contribution in [-0.2, 0) is 0 Å². The lowest BCUT2D eigenvalue weighted by molar-refractivity contribution is 0.221. The number of hydrogen-bond acceptors (Lipinski definition) is 0. The molecular weight excluding hydrogens is 151 g/mol. The molecule has 1 rings (SSSR count). The van der Waals surface area contributed by atoms with Crippen molar-refractivity contribution in [3.05, 3.63) is 24.3 Å². The van der Waals surface area contributed by atoms with Crippen molar-refractivity contribution < 1.29 is 4.39 Å². The molecule has 1 aliphatic carbocycles. The Morgan fingerprint density at radius 2 is 2.08 bits per heavy atom. The molecule has 1 fully saturated rings. The van der Waals surface area contributed by atoms with Crippen LogP contribution in [0.3, 0.4) is 0 Å². The van der Waals surface area contributed by atoms with Crippen molar-refractivity contribution in [1.29, 1.82) is 0 Å². The van der Waals surface area contributed by atoms with E-state index in [1.807, 2.05) is 25.2 Å². The minimum atomic E-state index is -0.556. The molecule has 1 saturated carbocycles. The Balaban J connectivity index is 2.31. The summed E-state index contributed by atoms with van der Waals surface area (Å²) >= 11 is 0. The molecule has 0 unspecified atom stereocenters. The summed E-state index contributed by atoms with van der Waals surface area (Å²) in [6.07, 6.45) is 11.3. The van der Waals surface area contributed by atoms with Gasteiger partial charge in [0.15, 0.2) is 0 Å². The molecule has 2 atom stereocenters. The Morgan fingerprint density at radius 1 is 1.25 bits per heavy atom. The predicted octanol–water partition coefficient (Wildman–Crippen LogP) is 3.65. The van der Waals surface area contributed by atoms with Gasteiger partial charge in [0, 0.05) is 0 Å². The minimum absolute atomic E-state index is 0.477. The first-order chi connectivity index (χ1) is 5.83. The van der Waals surface area contributed by atoms with Gasteiger partial charge >= 0.3 is 0 Å². The van der Waals surface area contributed by atoms with Crippen molar-refractivity contribution >= 4 is 0 Å². The van der Waals surface area contributed by atoms with E-state index >= 15 is 0 Å². The van der Waals surface area contributed by atoms with E-state index in [9.17, 15) is 4.39 Å². The van der Waals surface area contributed by atoms with Crippen molar-refractivity contribution in [1.82, 2.24) is 0 Å². The van der Waals surface area contributed by atoms with E-state index in [-0.39, 0.29) is 0 Å². The molecule has 0 spiro atoms. The fourth-order valence-electron chi connectivity index (χ4n) is 1.67. The Kier molecular flexibility index (Phi) is 4.06. The zero-order valence-electron chi connectivity index (χ0n) is 7.67. The van der Waals surface area contributed by atoms with Crippen molar-refractivity contribution in [2.75, 3.05) is 0 Å². The average Bonchev–Trinajstić information content (AvgIpc) is 2.05. The first kappa shape index (κ1) is 9.50. The van der Waals surface area contributed by atoms with Crippen LogP contribution < -0.4 is 0 Å². The topological polar surface area (TPSA) is 0 Å². The molecule has 0 nitrogen and oxygen atoms in total. The van der Waals surface area contributed by atoms with E-state index in [1.165, 1.54) is 0 Å². The van der Waals surface area contributed by atoms with Gasteiger partial charge in [-0.05, 0) is 38.5 Å². The van der Waals surface area contributed by atoms with Crippen LogP contribution in [0.4, 0.5) is 4.39 Å². The molecule has 0 aromatic heterocycles. The van der Waals surface area contributed by atoms with E-state index in [1.54, 1.807) is 0 Å². The van der Waals surface area contributed by atoms with Gasteiger partial charge in [0.1, 0.15) is 6.17 Å². The number of hydrogen-bond donors (Lipinski definition) is 0. The van der Waals surface area contributed by atoms with Gasteiger partial charge in [-0.25, -0.2) is 4.39 Å². The van der Waals surface area contributed by atoms with Gasteiger partial charge in [0.05, 0.1) is 0 Å². The van der Waals surface area contributed by atoms with Crippen molar-refractivity contribution in [2.45, 2.75) is 38.8 Å². The highest BCUT2D eigenvalue weighted by Crippen LogP contribution is 2.27. The first-order valence-electron chi connectivity index (χ1n) is 4.76. The highest BCUT2D eigenvalue weighted by atomic mass is 19.1. The van der Waals surface area contributed by atoms with Crippen LogP contribution in [0.1, 0.15) is 32.6 Å². The van der Waals surface area contributed by atoms with Gasteiger partial charge in [-0.2, -0.15) is 0 Å². The van der Waals surface area contributed by atoms with Crippen molar-refractivity contribution in [2.24, 2.45) is 5.92 Å². The maximum Gasteiger partial charge on any atom is 0.101 e. The van der Waals surface area contributed by atoms with E-state index in [2.05, 4.69) is 6.08 Å². The molecule has 0 saturated heterocycles. The summed E-state index contributed by atoms with van der Waals surface area (Å²) in [5.41, 5.74) is 0. The van der Waals surface area contributed by atoms with Gasteiger partial charge in [0.25, 0.3) is 0 Å². The maximum absolute atomic E-state index is 12.9. The van der Waals surface area contributed by atoms with Gasteiger partial charge < -0.3 is 0 Å². The van der Waals surface area contributed by atoms with E-state index in [4.69, 9.17) is 0 Å². The third-order valence-electron chi connectivity index (χ3n) is 2.34. The van der Waals surface area contributed by atoms with E-state index in [0.29, 0.717) is 5.92 Å². The van der Waals surface area contributed by atoms with Crippen LogP contribution in [0.15, 0.2) is 24.3 Å². The average molecular weight is 168 g/mol. The molecule has 1 aliphatic rings. The molecule has 68 valence electrons. The number of rotatable bonds is 2. The molecule has 0 aromatic rings. The molecule has 0 aliphatic heterocycles. The molecule has 0 radical (unpaired) electrons. The Morgan fingerprint density at radius 3 is 2.75 bits per heavy atom. The third-order valence-corrected chi connectivity index (χ3v) is 2.34. The second-order valence-corrected chi connectivity index (χ2v) is 3.43. The molecule has 0 amide bonds. The zero-order chi connectivity index (χ0) is 8.81. The minimum Gasteiger partial charge on any atom is -0.247 e. The largest absolute Gasteiger partial charge is 0.247 e. The quantitative estimate of drug-likeness (QED) is 0.552. The molecule has 0 bridgehead atoms. The van der Waals surface area contributed by atoms with Crippen LogP contribution in [0.2, 0.25) is 0 Å². The molecule has 0 N–H and O–H groups in total. The fourth-order valence-corrected chi connectivity index (χ4v) is 1.67. The molecule has 12 heavy (non-hydrogen) atoms. The normalized spacial score (nSPS) is 31.8. The summed E-state index contributed by atoms with van der Waals surface area (Å²) in [4.78, 5) is 0. The lowest BCUT2D eigenvalue weighted by atomic mass is 9.88. The molecule has 0 aromatic carbocycles. The molecular formula is C11H17F. The summed E-state index contributed by atoms with van der Waals surface area (Å²) in [6.45, 7) is 1.99. The number of halogens is 1. The predicted molar refractivity (Wildman–Crippen MR) is 50.8 cm³/mol. The fraction of sp³-hybridized carbons (Fsp3) is 0.636. The summed E-state index contributed by atoms with van der Waals surface area (Å²) < 4.78 is 12.9. The number of allylic oxidation sites excluding steroid dienone is 4. The van der Waals surface area contributed by atoms with Crippen LogP contribution in [-0.4, -0.2) is 6.17 Å². The smallest absolute Gasteiger partial charge is 0.101 e. The Labute approximate surface area is 74.2 Å². The second kappa shape index (κ2) is 5.13. The van der Waals surface area contributed by atoms with Gasteiger partial charge in [0.2, 0.25) is 0 Å². The summed E-state index contributed by atoms with van der Waals surface area (Å²) in [5.74, 6) is 0.477. The first-order valence-corrected chi connectivity index (χ1v) is 4.76. The Bertz CT molecular complexity index is 170. The highest BCUT2D eigenvalue weighted by molar-refractivity contribution is 5.04.